The van der Waals surface area contributed by atoms with E-state index in [1.165, 1.54) is 5.56 Å². The number of rotatable bonds is 9. The molecular formula is C23H29N3O3. The molecule has 1 atom stereocenters. The van der Waals surface area contributed by atoms with Gasteiger partial charge in [-0.05, 0) is 57.0 Å². The van der Waals surface area contributed by atoms with Crippen molar-refractivity contribution in [1.82, 2.24) is 15.1 Å². The van der Waals surface area contributed by atoms with Crippen LogP contribution in [0.25, 0.3) is 0 Å². The summed E-state index contributed by atoms with van der Waals surface area (Å²) in [5.74, 6) is 1.41. The van der Waals surface area contributed by atoms with Gasteiger partial charge in [-0.15, -0.1) is 0 Å². The van der Waals surface area contributed by atoms with Crippen LogP contribution in [0, 0.1) is 6.92 Å². The van der Waals surface area contributed by atoms with Gasteiger partial charge in [0.25, 0.3) is 5.91 Å². The van der Waals surface area contributed by atoms with Crippen molar-refractivity contribution in [2.45, 2.75) is 59.7 Å². The van der Waals surface area contributed by atoms with Crippen LogP contribution >= 0.6 is 0 Å². The summed E-state index contributed by atoms with van der Waals surface area (Å²) in [5, 5.41) is 7.30. The maximum atomic E-state index is 12.5. The molecule has 0 aliphatic rings. The average Bonchev–Trinajstić information content (AvgIpc) is 3.34. The summed E-state index contributed by atoms with van der Waals surface area (Å²) in [6, 6.07) is 11.4. The lowest BCUT2D eigenvalue weighted by Crippen LogP contribution is -2.26. The lowest BCUT2D eigenvalue weighted by Gasteiger charge is -2.13. The molecule has 3 aromatic rings. The van der Waals surface area contributed by atoms with E-state index in [0.29, 0.717) is 5.76 Å². The Balaban J connectivity index is 1.55. The highest BCUT2D eigenvalue weighted by Crippen LogP contribution is 2.19. The van der Waals surface area contributed by atoms with Crippen LogP contribution < -0.4 is 10.1 Å². The van der Waals surface area contributed by atoms with E-state index in [1.54, 1.807) is 18.3 Å². The highest BCUT2D eigenvalue weighted by molar-refractivity contribution is 5.91. The van der Waals surface area contributed by atoms with E-state index in [2.05, 4.69) is 29.5 Å². The van der Waals surface area contributed by atoms with Crippen LogP contribution in [0.2, 0.25) is 0 Å². The number of benzene rings is 1. The van der Waals surface area contributed by atoms with Crippen LogP contribution in [0.15, 0.2) is 47.0 Å². The van der Waals surface area contributed by atoms with Crippen LogP contribution in [0.3, 0.4) is 0 Å². The van der Waals surface area contributed by atoms with E-state index in [0.717, 1.165) is 36.4 Å². The number of hydrogen-bond donors (Lipinski definition) is 1. The molecule has 0 fully saturated rings. The molecule has 6 heteroatoms. The number of aromatic nitrogens is 2. The summed E-state index contributed by atoms with van der Waals surface area (Å²) < 4.78 is 13.3. The van der Waals surface area contributed by atoms with E-state index in [4.69, 9.17) is 9.15 Å². The molecule has 0 bridgehead atoms. The SMILES string of the molecule is CCCc1ccc(OCc2ccc(C(=O)NC(C)c3cnn(CC)c3C)o2)cc1. The molecule has 1 N–H and O–H groups in total. The normalized spacial score (nSPS) is 12.0. The number of hydrogen-bond acceptors (Lipinski definition) is 4. The monoisotopic (exact) mass is 395 g/mol. The fourth-order valence-corrected chi connectivity index (χ4v) is 3.32. The molecule has 0 radical (unpaired) electrons. The molecule has 0 aliphatic heterocycles. The molecule has 154 valence electrons. The van der Waals surface area contributed by atoms with Gasteiger partial charge < -0.3 is 14.5 Å². The van der Waals surface area contributed by atoms with E-state index >= 15 is 0 Å². The van der Waals surface area contributed by atoms with Gasteiger partial charge >= 0.3 is 0 Å². The highest BCUT2D eigenvalue weighted by atomic mass is 16.5. The first kappa shape index (κ1) is 20.7. The standard InChI is InChI=1S/C23H29N3O3/c1-5-7-18-8-10-19(11-9-18)28-15-20-12-13-22(29-20)23(27)25-16(3)21-14-24-26(6-2)17(21)4/h8-14,16H,5-7,15H2,1-4H3,(H,25,27). The maximum absolute atomic E-state index is 12.5. The van der Waals surface area contributed by atoms with Crippen molar-refractivity contribution in [1.29, 1.82) is 0 Å². The first-order valence-corrected chi connectivity index (χ1v) is 10.1. The molecule has 6 nitrogen and oxygen atoms in total. The predicted molar refractivity (Wildman–Crippen MR) is 112 cm³/mol. The van der Waals surface area contributed by atoms with Crippen LogP contribution in [0.4, 0.5) is 0 Å². The first-order valence-electron chi connectivity index (χ1n) is 10.1. The van der Waals surface area contributed by atoms with Crippen molar-refractivity contribution >= 4 is 5.91 Å². The van der Waals surface area contributed by atoms with E-state index in [9.17, 15) is 4.79 Å². The van der Waals surface area contributed by atoms with Crippen LogP contribution in [-0.2, 0) is 19.6 Å². The minimum Gasteiger partial charge on any atom is -0.486 e. The second-order valence-electron chi connectivity index (χ2n) is 7.14. The van der Waals surface area contributed by atoms with Crippen LogP contribution in [0.1, 0.15) is 66.4 Å². The third-order valence-electron chi connectivity index (χ3n) is 4.98. The molecule has 3 rings (SSSR count). The number of amides is 1. The van der Waals surface area contributed by atoms with Gasteiger partial charge in [-0.3, -0.25) is 9.48 Å². The maximum Gasteiger partial charge on any atom is 0.287 e. The van der Waals surface area contributed by atoms with Crippen molar-refractivity contribution in [3.05, 3.63) is 70.9 Å². The molecular weight excluding hydrogens is 366 g/mol. The summed E-state index contributed by atoms with van der Waals surface area (Å²) in [5.41, 5.74) is 3.35. The summed E-state index contributed by atoms with van der Waals surface area (Å²) >= 11 is 0. The molecule has 2 aromatic heterocycles. The first-order chi connectivity index (χ1) is 14.0. The Morgan fingerprint density at radius 3 is 2.62 bits per heavy atom. The Morgan fingerprint density at radius 1 is 1.21 bits per heavy atom. The van der Waals surface area contributed by atoms with Gasteiger partial charge in [0.1, 0.15) is 18.1 Å². The number of ether oxygens (including phenoxy) is 1. The van der Waals surface area contributed by atoms with Crippen molar-refractivity contribution < 1.29 is 13.9 Å². The molecule has 0 spiro atoms. The molecule has 29 heavy (non-hydrogen) atoms. The van der Waals surface area contributed by atoms with Gasteiger partial charge in [0.2, 0.25) is 0 Å². The largest absolute Gasteiger partial charge is 0.486 e. The zero-order chi connectivity index (χ0) is 20.8. The van der Waals surface area contributed by atoms with Crippen molar-refractivity contribution in [3.63, 3.8) is 0 Å². The van der Waals surface area contributed by atoms with E-state index in [1.807, 2.05) is 37.6 Å². The van der Waals surface area contributed by atoms with Crippen LogP contribution in [0.5, 0.6) is 5.75 Å². The number of nitrogens with zero attached hydrogens (tertiary/aromatic N) is 2. The molecule has 2 heterocycles. The predicted octanol–water partition coefficient (Wildman–Crippen LogP) is 4.83. The highest BCUT2D eigenvalue weighted by Gasteiger charge is 2.18. The molecule has 1 unspecified atom stereocenters. The zero-order valence-electron chi connectivity index (χ0n) is 17.6. The average molecular weight is 396 g/mol. The fraction of sp³-hybridized carbons (Fsp3) is 0.391. The molecule has 1 aromatic carbocycles. The van der Waals surface area contributed by atoms with Gasteiger partial charge in [0.15, 0.2) is 5.76 Å². The quantitative estimate of drug-likeness (QED) is 0.564. The van der Waals surface area contributed by atoms with E-state index in [-0.39, 0.29) is 24.3 Å². The Kier molecular flexibility index (Phi) is 6.75. The van der Waals surface area contributed by atoms with Gasteiger partial charge in [0, 0.05) is 17.8 Å². The fourth-order valence-electron chi connectivity index (χ4n) is 3.32. The minimum absolute atomic E-state index is 0.158. The van der Waals surface area contributed by atoms with Gasteiger partial charge in [-0.1, -0.05) is 25.5 Å². The Hall–Kier alpha value is -3.02. The molecule has 0 aliphatic carbocycles. The Morgan fingerprint density at radius 2 is 1.97 bits per heavy atom. The summed E-state index contributed by atoms with van der Waals surface area (Å²) in [6.45, 7) is 9.23. The van der Waals surface area contributed by atoms with Crippen LogP contribution in [-0.4, -0.2) is 15.7 Å². The Bertz CT molecular complexity index is 941. The summed E-state index contributed by atoms with van der Waals surface area (Å²) in [7, 11) is 0. The second kappa shape index (κ2) is 9.45. The summed E-state index contributed by atoms with van der Waals surface area (Å²) in [4.78, 5) is 12.5. The van der Waals surface area contributed by atoms with Crippen molar-refractivity contribution in [2.75, 3.05) is 0 Å². The second-order valence-corrected chi connectivity index (χ2v) is 7.14. The van der Waals surface area contributed by atoms with Crippen molar-refractivity contribution in [3.8, 4) is 5.75 Å². The number of nitrogens with one attached hydrogen (secondary N) is 1. The summed E-state index contributed by atoms with van der Waals surface area (Å²) in [6.07, 6.45) is 3.99. The minimum atomic E-state index is -0.253. The van der Waals surface area contributed by atoms with E-state index < -0.39 is 0 Å². The van der Waals surface area contributed by atoms with Gasteiger partial charge in [-0.2, -0.15) is 5.10 Å². The lowest BCUT2D eigenvalue weighted by molar-refractivity contribution is 0.0907. The molecule has 0 saturated carbocycles. The van der Waals surface area contributed by atoms with Crippen molar-refractivity contribution in [2.24, 2.45) is 0 Å². The number of carbonyl (C=O) groups excluding carboxylic acids is 1. The Labute approximate surface area is 171 Å². The molecule has 0 saturated heterocycles. The van der Waals surface area contributed by atoms with Gasteiger partial charge in [0.05, 0.1) is 12.2 Å². The number of carbonyl (C=O) groups is 1. The van der Waals surface area contributed by atoms with Gasteiger partial charge in [-0.25, -0.2) is 0 Å². The zero-order valence-corrected chi connectivity index (χ0v) is 17.6. The lowest BCUT2D eigenvalue weighted by atomic mass is 10.1. The third kappa shape index (κ3) is 5.08. The molecule has 1 amide bonds. The third-order valence-corrected chi connectivity index (χ3v) is 4.98. The number of furan rings is 1. The topological polar surface area (TPSA) is 69.3 Å². The number of aryl methyl sites for hydroxylation is 2. The smallest absolute Gasteiger partial charge is 0.287 e.